The van der Waals surface area contributed by atoms with Crippen LogP contribution >= 0.6 is 0 Å². The van der Waals surface area contributed by atoms with Gasteiger partial charge in [-0.15, -0.1) is 0 Å². The zero-order valence-electron chi connectivity index (χ0n) is 16.3. The molecule has 2 N–H and O–H groups in total. The van der Waals surface area contributed by atoms with Crippen LogP contribution in [0.2, 0.25) is 0 Å². The van der Waals surface area contributed by atoms with Crippen LogP contribution in [-0.4, -0.2) is 29.4 Å². The minimum absolute atomic E-state index is 0.0539. The maximum absolute atomic E-state index is 12.9. The van der Waals surface area contributed by atoms with Gasteiger partial charge in [0.15, 0.2) is 12.4 Å². The molecule has 0 atom stereocenters. The molecule has 154 valence electrons. The van der Waals surface area contributed by atoms with Crippen molar-refractivity contribution < 1.29 is 23.5 Å². The molecule has 2 heterocycles. The van der Waals surface area contributed by atoms with Crippen molar-refractivity contribution in [3.05, 3.63) is 65.2 Å². The van der Waals surface area contributed by atoms with Crippen molar-refractivity contribution in [1.82, 2.24) is 15.8 Å². The molecule has 0 bridgehead atoms. The molecule has 2 amide bonds. The zero-order chi connectivity index (χ0) is 20.9. The third-order valence-electron chi connectivity index (χ3n) is 5.02. The third kappa shape index (κ3) is 4.17. The third-order valence-corrected chi connectivity index (χ3v) is 5.02. The van der Waals surface area contributed by atoms with Crippen LogP contribution in [0.3, 0.4) is 0 Å². The second-order valence-electron chi connectivity index (χ2n) is 7.05. The van der Waals surface area contributed by atoms with Crippen LogP contribution in [-0.2, 0) is 22.4 Å². The van der Waals surface area contributed by atoms with E-state index in [0.29, 0.717) is 5.56 Å². The highest BCUT2D eigenvalue weighted by atomic mass is 16.5. The van der Waals surface area contributed by atoms with Gasteiger partial charge < -0.3 is 9.15 Å². The fraction of sp³-hybridized carbons (Fsp3) is 0.273. The second kappa shape index (κ2) is 8.77. The normalized spacial score (nSPS) is 13.2. The van der Waals surface area contributed by atoms with Gasteiger partial charge >= 0.3 is 11.9 Å². The van der Waals surface area contributed by atoms with E-state index < -0.39 is 24.4 Å². The minimum Gasteiger partial charge on any atom is -0.459 e. The quantitative estimate of drug-likeness (QED) is 0.391. The molecule has 1 aromatic carbocycles. The monoisotopic (exact) mass is 407 g/mol. The number of fused-ring (bicyclic) bond motifs is 2. The van der Waals surface area contributed by atoms with Crippen LogP contribution in [0.4, 0.5) is 0 Å². The summed E-state index contributed by atoms with van der Waals surface area (Å²) in [6.07, 6.45) is 6.01. The van der Waals surface area contributed by atoms with E-state index in [1.54, 1.807) is 6.07 Å². The van der Waals surface area contributed by atoms with Gasteiger partial charge in [0.25, 0.3) is 5.91 Å². The van der Waals surface area contributed by atoms with Gasteiger partial charge in [-0.3, -0.25) is 25.4 Å². The minimum atomic E-state index is -0.660. The lowest BCUT2D eigenvalue weighted by atomic mass is 9.97. The van der Waals surface area contributed by atoms with E-state index in [0.717, 1.165) is 54.3 Å². The molecule has 4 rings (SSSR count). The lowest BCUT2D eigenvalue weighted by molar-refractivity contribution is -0.125. The largest absolute Gasteiger partial charge is 0.459 e. The van der Waals surface area contributed by atoms with Crippen LogP contribution in [0.15, 0.2) is 47.1 Å². The average molecular weight is 407 g/mol. The standard InChI is InChI=1S/C22H21N3O5/c26-19(24-25-21(27)18-11-6-12-29-18)13-30-22(28)20-14-7-2-1-3-9-16(14)23-17-10-5-4-8-15(17)20/h4-6,8,10-12H,1-3,7,9,13H2,(H,24,26)(H,25,27). The van der Waals surface area contributed by atoms with Gasteiger partial charge in [-0.1, -0.05) is 24.6 Å². The Labute approximate surface area is 172 Å². The molecular weight excluding hydrogens is 386 g/mol. The number of nitrogens with one attached hydrogen (secondary N) is 2. The summed E-state index contributed by atoms with van der Waals surface area (Å²) in [4.78, 5) is 41.5. The Bertz CT molecular complexity index is 1090. The number of carbonyl (C=O) groups excluding carboxylic acids is 3. The summed E-state index contributed by atoms with van der Waals surface area (Å²) in [5, 5.41) is 0.717. The zero-order valence-corrected chi connectivity index (χ0v) is 16.3. The number of carbonyl (C=O) groups is 3. The van der Waals surface area contributed by atoms with Crippen molar-refractivity contribution >= 4 is 28.7 Å². The molecule has 0 saturated carbocycles. The van der Waals surface area contributed by atoms with E-state index in [4.69, 9.17) is 14.1 Å². The molecule has 0 fully saturated rings. The van der Waals surface area contributed by atoms with Gasteiger partial charge in [0, 0.05) is 11.1 Å². The molecule has 0 spiro atoms. The van der Waals surface area contributed by atoms with Crippen LogP contribution in [0.5, 0.6) is 0 Å². The Morgan fingerprint density at radius 3 is 2.67 bits per heavy atom. The molecule has 1 aliphatic carbocycles. The lowest BCUT2D eigenvalue weighted by Gasteiger charge is -2.15. The maximum atomic E-state index is 12.9. The topological polar surface area (TPSA) is 111 Å². The van der Waals surface area contributed by atoms with Crippen LogP contribution in [0.1, 0.15) is 51.4 Å². The number of aromatic nitrogens is 1. The van der Waals surface area contributed by atoms with E-state index in [2.05, 4.69) is 10.9 Å². The number of rotatable bonds is 4. The molecule has 0 saturated heterocycles. The number of nitrogens with zero attached hydrogens (tertiary/aromatic N) is 1. The van der Waals surface area contributed by atoms with E-state index >= 15 is 0 Å². The van der Waals surface area contributed by atoms with Crippen molar-refractivity contribution in [2.45, 2.75) is 32.1 Å². The number of amides is 2. The average Bonchev–Trinajstić information content (AvgIpc) is 3.20. The molecule has 30 heavy (non-hydrogen) atoms. The first kappa shape index (κ1) is 19.6. The number of para-hydroxylation sites is 1. The van der Waals surface area contributed by atoms with Crippen molar-refractivity contribution in [3.63, 3.8) is 0 Å². The molecule has 2 aromatic heterocycles. The number of pyridine rings is 1. The Morgan fingerprint density at radius 1 is 1.00 bits per heavy atom. The lowest BCUT2D eigenvalue weighted by Crippen LogP contribution is -2.43. The Morgan fingerprint density at radius 2 is 1.83 bits per heavy atom. The van der Waals surface area contributed by atoms with E-state index in [-0.39, 0.29) is 5.76 Å². The highest BCUT2D eigenvalue weighted by Crippen LogP contribution is 2.29. The van der Waals surface area contributed by atoms with E-state index in [1.165, 1.54) is 12.3 Å². The number of furan rings is 1. The van der Waals surface area contributed by atoms with Gasteiger partial charge in [0.2, 0.25) is 0 Å². The maximum Gasteiger partial charge on any atom is 0.339 e. The van der Waals surface area contributed by atoms with Gasteiger partial charge in [-0.2, -0.15) is 0 Å². The predicted molar refractivity (Wildman–Crippen MR) is 108 cm³/mol. The number of hydrogen-bond acceptors (Lipinski definition) is 6. The second-order valence-corrected chi connectivity index (χ2v) is 7.05. The van der Waals surface area contributed by atoms with Gasteiger partial charge in [-0.25, -0.2) is 4.79 Å². The summed E-state index contributed by atoms with van der Waals surface area (Å²) in [6.45, 7) is -0.525. The molecule has 1 aliphatic rings. The molecule has 8 nitrogen and oxygen atoms in total. The van der Waals surface area contributed by atoms with E-state index in [9.17, 15) is 14.4 Å². The Hall–Kier alpha value is -3.68. The Balaban J connectivity index is 1.47. The van der Waals surface area contributed by atoms with E-state index in [1.807, 2.05) is 24.3 Å². The number of esters is 1. The number of hydrogen-bond donors (Lipinski definition) is 2. The number of benzene rings is 1. The summed E-state index contributed by atoms with van der Waals surface area (Å²) >= 11 is 0. The first-order valence-corrected chi connectivity index (χ1v) is 9.84. The number of ether oxygens (including phenoxy) is 1. The SMILES string of the molecule is O=C(COC(=O)c1c2c(nc3ccccc13)CCCCC2)NNC(=O)c1ccco1. The smallest absolute Gasteiger partial charge is 0.339 e. The number of aryl methyl sites for hydroxylation is 1. The molecule has 8 heteroatoms. The molecule has 0 radical (unpaired) electrons. The van der Waals surface area contributed by atoms with Gasteiger partial charge in [-0.05, 0) is 49.4 Å². The van der Waals surface area contributed by atoms with Crippen molar-refractivity contribution in [3.8, 4) is 0 Å². The predicted octanol–water partition coefficient (Wildman–Crippen LogP) is 2.71. The number of hydrazine groups is 1. The van der Waals surface area contributed by atoms with Crippen LogP contribution in [0, 0.1) is 0 Å². The van der Waals surface area contributed by atoms with Crippen molar-refractivity contribution in [2.75, 3.05) is 6.61 Å². The van der Waals surface area contributed by atoms with Gasteiger partial charge in [0.05, 0.1) is 17.3 Å². The van der Waals surface area contributed by atoms with Gasteiger partial charge in [0.1, 0.15) is 0 Å². The summed E-state index contributed by atoms with van der Waals surface area (Å²) < 4.78 is 10.2. The highest BCUT2D eigenvalue weighted by molar-refractivity contribution is 6.05. The van der Waals surface area contributed by atoms with Crippen LogP contribution < -0.4 is 10.9 Å². The summed E-state index contributed by atoms with van der Waals surface area (Å²) in [5.74, 6) is -1.78. The van der Waals surface area contributed by atoms with Crippen LogP contribution in [0.25, 0.3) is 10.9 Å². The fourth-order valence-electron chi connectivity index (χ4n) is 3.62. The fourth-order valence-corrected chi connectivity index (χ4v) is 3.62. The first-order chi connectivity index (χ1) is 14.6. The molecule has 3 aromatic rings. The highest BCUT2D eigenvalue weighted by Gasteiger charge is 2.23. The molecule has 0 unspecified atom stereocenters. The molecular formula is C22H21N3O5. The van der Waals surface area contributed by atoms with Crippen molar-refractivity contribution in [2.24, 2.45) is 0 Å². The Kier molecular flexibility index (Phi) is 5.74. The summed E-state index contributed by atoms with van der Waals surface area (Å²) in [5.41, 5.74) is 7.44. The first-order valence-electron chi connectivity index (χ1n) is 9.84. The molecule has 0 aliphatic heterocycles. The van der Waals surface area contributed by atoms with Crippen molar-refractivity contribution in [1.29, 1.82) is 0 Å². The summed E-state index contributed by atoms with van der Waals surface area (Å²) in [6, 6.07) is 10.5. The summed E-state index contributed by atoms with van der Waals surface area (Å²) in [7, 11) is 0.